The average Bonchev–Trinajstić information content (AvgIpc) is 2.95. The fourth-order valence-electron chi connectivity index (χ4n) is 2.71. The molecule has 1 heterocycles. The van der Waals surface area contributed by atoms with Crippen LogP contribution in [0.15, 0.2) is 0 Å². The highest BCUT2D eigenvalue weighted by Crippen LogP contribution is 2.34. The third-order valence-electron chi connectivity index (χ3n) is 3.97. The minimum atomic E-state index is 0.326. The van der Waals surface area contributed by atoms with Crippen LogP contribution in [0.1, 0.15) is 32.6 Å². The molecule has 1 saturated carbocycles. The number of likely N-dealkylation sites (tertiary alicyclic amines) is 1. The first-order valence-corrected chi connectivity index (χ1v) is 6.28. The van der Waals surface area contributed by atoms with Gasteiger partial charge in [-0.05, 0) is 45.6 Å². The van der Waals surface area contributed by atoms with E-state index in [4.69, 9.17) is 5.11 Å². The van der Waals surface area contributed by atoms with Crippen LogP contribution in [-0.4, -0.2) is 48.3 Å². The van der Waals surface area contributed by atoms with Gasteiger partial charge in [-0.2, -0.15) is 0 Å². The Labute approximate surface area is 92.8 Å². The van der Waals surface area contributed by atoms with Crippen LogP contribution in [0.25, 0.3) is 0 Å². The van der Waals surface area contributed by atoms with E-state index in [9.17, 15) is 0 Å². The summed E-state index contributed by atoms with van der Waals surface area (Å²) < 4.78 is 0. The Hall–Kier alpha value is -0.120. The Kier molecular flexibility index (Phi) is 3.65. The molecule has 3 heteroatoms. The lowest BCUT2D eigenvalue weighted by molar-refractivity contribution is 0.247. The lowest BCUT2D eigenvalue weighted by Crippen LogP contribution is -2.41. The van der Waals surface area contributed by atoms with Crippen molar-refractivity contribution in [2.45, 2.75) is 50.7 Å². The molecule has 0 radical (unpaired) electrons. The smallest absolute Gasteiger partial charge is 0.0445 e. The number of nitrogens with one attached hydrogen (secondary N) is 1. The van der Waals surface area contributed by atoms with Gasteiger partial charge in [0, 0.05) is 31.3 Å². The van der Waals surface area contributed by atoms with Crippen LogP contribution in [0.2, 0.25) is 0 Å². The predicted molar refractivity (Wildman–Crippen MR) is 61.8 cm³/mol. The summed E-state index contributed by atoms with van der Waals surface area (Å²) in [4.78, 5) is 2.42. The maximum absolute atomic E-state index is 9.04. The van der Waals surface area contributed by atoms with Crippen molar-refractivity contribution >= 4 is 0 Å². The molecule has 2 N–H and O–H groups in total. The van der Waals surface area contributed by atoms with E-state index >= 15 is 0 Å². The van der Waals surface area contributed by atoms with Gasteiger partial charge < -0.3 is 15.3 Å². The van der Waals surface area contributed by atoms with E-state index < -0.39 is 0 Å². The van der Waals surface area contributed by atoms with Crippen LogP contribution in [0.3, 0.4) is 0 Å². The van der Waals surface area contributed by atoms with Crippen molar-refractivity contribution in [3.05, 3.63) is 0 Å². The number of hydrogen-bond donors (Lipinski definition) is 2. The molecule has 0 bridgehead atoms. The second-order valence-electron chi connectivity index (χ2n) is 5.34. The average molecular weight is 212 g/mol. The van der Waals surface area contributed by atoms with Crippen LogP contribution in [-0.2, 0) is 0 Å². The fraction of sp³-hybridized carbons (Fsp3) is 1.00. The highest BCUT2D eigenvalue weighted by molar-refractivity contribution is 4.92. The summed E-state index contributed by atoms with van der Waals surface area (Å²) in [5, 5.41) is 12.8. The molecule has 3 nitrogen and oxygen atoms in total. The van der Waals surface area contributed by atoms with Gasteiger partial charge in [0.15, 0.2) is 0 Å². The Morgan fingerprint density at radius 3 is 2.67 bits per heavy atom. The number of likely N-dealkylation sites (N-methyl/N-ethyl adjacent to an activating group) is 1. The van der Waals surface area contributed by atoms with Gasteiger partial charge in [0.1, 0.15) is 0 Å². The predicted octanol–water partition coefficient (Wildman–Crippen LogP) is 0.830. The van der Waals surface area contributed by atoms with E-state index in [1.807, 2.05) is 0 Å². The molecule has 0 spiro atoms. The topological polar surface area (TPSA) is 35.5 Å². The molecular weight excluding hydrogens is 188 g/mol. The zero-order valence-electron chi connectivity index (χ0n) is 9.95. The summed E-state index contributed by atoms with van der Waals surface area (Å²) in [7, 11) is 2.20. The number of aliphatic hydroxyl groups excluding tert-OH is 1. The summed E-state index contributed by atoms with van der Waals surface area (Å²) in [6.07, 6.45) is 4.90. The molecular formula is C12H24N2O. The quantitative estimate of drug-likeness (QED) is 0.708. The molecule has 0 aromatic rings. The minimum absolute atomic E-state index is 0.326. The van der Waals surface area contributed by atoms with Crippen LogP contribution >= 0.6 is 0 Å². The Bertz CT molecular complexity index is 196. The zero-order valence-corrected chi connectivity index (χ0v) is 9.95. The third kappa shape index (κ3) is 2.92. The van der Waals surface area contributed by atoms with Crippen LogP contribution < -0.4 is 5.32 Å². The summed E-state index contributed by atoms with van der Waals surface area (Å²) >= 11 is 0. The molecule has 1 aliphatic heterocycles. The maximum Gasteiger partial charge on any atom is 0.0445 e. The summed E-state index contributed by atoms with van der Waals surface area (Å²) in [6.45, 7) is 3.78. The molecule has 0 aromatic heterocycles. The SMILES string of the molecule is CC1CC(NC(CCO)C2CC2)CN1C. The van der Waals surface area contributed by atoms with Crippen LogP contribution in [0.4, 0.5) is 0 Å². The molecule has 1 aliphatic carbocycles. The van der Waals surface area contributed by atoms with Gasteiger partial charge in [0.05, 0.1) is 0 Å². The first kappa shape index (κ1) is 11.4. The first-order chi connectivity index (χ1) is 7.20. The summed E-state index contributed by atoms with van der Waals surface area (Å²) in [5.41, 5.74) is 0. The van der Waals surface area contributed by atoms with E-state index in [0.717, 1.165) is 18.9 Å². The fourth-order valence-corrected chi connectivity index (χ4v) is 2.71. The van der Waals surface area contributed by atoms with Crippen molar-refractivity contribution < 1.29 is 5.11 Å². The number of aliphatic hydroxyl groups is 1. The van der Waals surface area contributed by atoms with Gasteiger partial charge in [-0.1, -0.05) is 0 Å². The van der Waals surface area contributed by atoms with Gasteiger partial charge in [-0.3, -0.25) is 0 Å². The normalized spacial score (nSPS) is 34.6. The minimum Gasteiger partial charge on any atom is -0.396 e. The molecule has 0 amide bonds. The molecule has 15 heavy (non-hydrogen) atoms. The lowest BCUT2D eigenvalue weighted by atomic mass is 10.1. The molecule has 2 aliphatic rings. The van der Waals surface area contributed by atoms with Gasteiger partial charge in [-0.15, -0.1) is 0 Å². The molecule has 0 aromatic carbocycles. The van der Waals surface area contributed by atoms with E-state index in [1.165, 1.54) is 19.3 Å². The highest BCUT2D eigenvalue weighted by atomic mass is 16.3. The van der Waals surface area contributed by atoms with Gasteiger partial charge in [0.25, 0.3) is 0 Å². The van der Waals surface area contributed by atoms with Crippen molar-refractivity contribution in [1.82, 2.24) is 10.2 Å². The van der Waals surface area contributed by atoms with Gasteiger partial charge >= 0.3 is 0 Å². The first-order valence-electron chi connectivity index (χ1n) is 6.28. The van der Waals surface area contributed by atoms with Crippen LogP contribution in [0.5, 0.6) is 0 Å². The van der Waals surface area contributed by atoms with Gasteiger partial charge in [0.2, 0.25) is 0 Å². The second kappa shape index (κ2) is 4.81. The number of hydrogen-bond acceptors (Lipinski definition) is 3. The third-order valence-corrected chi connectivity index (χ3v) is 3.97. The summed E-state index contributed by atoms with van der Waals surface area (Å²) in [5.74, 6) is 0.846. The van der Waals surface area contributed by atoms with E-state index in [1.54, 1.807) is 0 Å². The second-order valence-corrected chi connectivity index (χ2v) is 5.34. The highest BCUT2D eigenvalue weighted by Gasteiger charge is 2.34. The van der Waals surface area contributed by atoms with Gasteiger partial charge in [-0.25, -0.2) is 0 Å². The van der Waals surface area contributed by atoms with Crippen molar-refractivity contribution in [1.29, 1.82) is 0 Å². The Morgan fingerprint density at radius 2 is 2.20 bits per heavy atom. The monoisotopic (exact) mass is 212 g/mol. The molecule has 2 rings (SSSR count). The molecule has 2 fully saturated rings. The largest absolute Gasteiger partial charge is 0.396 e. The van der Waals surface area contributed by atoms with Crippen LogP contribution in [0, 0.1) is 5.92 Å². The molecule has 88 valence electrons. The number of nitrogens with zero attached hydrogens (tertiary/aromatic N) is 1. The zero-order chi connectivity index (χ0) is 10.8. The van der Waals surface area contributed by atoms with Crippen molar-refractivity contribution in [2.24, 2.45) is 5.92 Å². The standard InChI is InChI=1S/C12H24N2O/c1-9-7-11(8-14(9)2)13-12(5-6-15)10-3-4-10/h9-13,15H,3-8H2,1-2H3. The van der Waals surface area contributed by atoms with E-state index in [-0.39, 0.29) is 0 Å². The summed E-state index contributed by atoms with van der Waals surface area (Å²) in [6, 6.07) is 1.91. The number of rotatable bonds is 5. The van der Waals surface area contributed by atoms with Crippen molar-refractivity contribution in [3.63, 3.8) is 0 Å². The molecule has 1 saturated heterocycles. The molecule has 3 unspecified atom stereocenters. The lowest BCUT2D eigenvalue weighted by Gasteiger charge is -2.22. The van der Waals surface area contributed by atoms with Crippen molar-refractivity contribution in [3.8, 4) is 0 Å². The van der Waals surface area contributed by atoms with Crippen molar-refractivity contribution in [2.75, 3.05) is 20.2 Å². The van der Waals surface area contributed by atoms with E-state index in [0.29, 0.717) is 24.7 Å². The van der Waals surface area contributed by atoms with E-state index in [2.05, 4.69) is 24.2 Å². The Morgan fingerprint density at radius 1 is 1.47 bits per heavy atom. The maximum atomic E-state index is 9.04. The Balaban J connectivity index is 1.79. The molecule has 3 atom stereocenters.